The van der Waals surface area contributed by atoms with Crippen LogP contribution >= 0.6 is 0 Å². The number of hydrogen-bond acceptors (Lipinski definition) is 2. The van der Waals surface area contributed by atoms with Crippen molar-refractivity contribution in [1.82, 2.24) is 0 Å². The number of aliphatic hydroxyl groups is 1. The molecule has 24 heavy (non-hydrogen) atoms. The van der Waals surface area contributed by atoms with E-state index in [0.717, 1.165) is 12.1 Å². The summed E-state index contributed by atoms with van der Waals surface area (Å²) in [5, 5.41) is 10.1. The summed E-state index contributed by atoms with van der Waals surface area (Å²) in [5.41, 5.74) is -8.57. The molecular formula is C15H17F7O2. The fourth-order valence-corrected chi connectivity index (χ4v) is 2.08. The van der Waals surface area contributed by atoms with Crippen molar-refractivity contribution in [2.45, 2.75) is 50.3 Å². The lowest BCUT2D eigenvalue weighted by Crippen LogP contribution is -2.56. The van der Waals surface area contributed by atoms with Gasteiger partial charge in [0.05, 0.1) is 12.2 Å². The van der Waals surface area contributed by atoms with E-state index in [1.54, 1.807) is 6.92 Å². The van der Waals surface area contributed by atoms with Crippen LogP contribution in [0, 0.1) is 0 Å². The van der Waals surface area contributed by atoms with Gasteiger partial charge < -0.3 is 9.84 Å². The van der Waals surface area contributed by atoms with Crippen LogP contribution in [0.5, 0.6) is 5.75 Å². The topological polar surface area (TPSA) is 29.5 Å². The molecule has 0 aromatic heterocycles. The number of hydrogen-bond donors (Lipinski definition) is 1. The van der Waals surface area contributed by atoms with E-state index in [9.17, 15) is 35.8 Å². The molecule has 1 unspecified atom stereocenters. The van der Waals surface area contributed by atoms with E-state index in [4.69, 9.17) is 4.74 Å². The van der Waals surface area contributed by atoms with Crippen molar-refractivity contribution in [1.29, 1.82) is 0 Å². The number of rotatable bonds is 6. The van der Waals surface area contributed by atoms with Crippen molar-refractivity contribution >= 4 is 0 Å². The Hall–Kier alpha value is -1.51. The number of benzene rings is 1. The largest absolute Gasteiger partial charge is 0.494 e. The first-order valence-electron chi connectivity index (χ1n) is 7.02. The van der Waals surface area contributed by atoms with Gasteiger partial charge in [0.25, 0.3) is 0 Å². The first-order chi connectivity index (χ1) is 10.7. The van der Waals surface area contributed by atoms with Crippen molar-refractivity contribution in [3.05, 3.63) is 29.8 Å². The highest BCUT2D eigenvalue weighted by Crippen LogP contribution is 2.51. The summed E-state index contributed by atoms with van der Waals surface area (Å²) >= 11 is 0. The fourth-order valence-electron chi connectivity index (χ4n) is 2.08. The lowest BCUT2D eigenvalue weighted by atomic mass is 9.83. The highest BCUT2D eigenvalue weighted by atomic mass is 19.4. The molecule has 1 atom stereocenters. The molecule has 0 amide bonds. The zero-order chi connectivity index (χ0) is 18.8. The van der Waals surface area contributed by atoms with Crippen LogP contribution in [-0.2, 0) is 5.60 Å². The third-order valence-electron chi connectivity index (χ3n) is 3.42. The molecule has 0 saturated heterocycles. The molecule has 0 aliphatic rings. The minimum Gasteiger partial charge on any atom is -0.494 e. The van der Waals surface area contributed by atoms with Gasteiger partial charge in [-0.1, -0.05) is 19.1 Å². The van der Waals surface area contributed by atoms with E-state index < -0.39 is 30.0 Å². The van der Waals surface area contributed by atoms with Crippen molar-refractivity contribution in [2.24, 2.45) is 0 Å². The summed E-state index contributed by atoms with van der Waals surface area (Å²) in [6, 6.07) is 4.90. The maximum atomic E-state index is 13.8. The molecule has 9 heteroatoms. The number of halogens is 7. The average molecular weight is 362 g/mol. The van der Waals surface area contributed by atoms with E-state index in [1.165, 1.54) is 12.1 Å². The third-order valence-corrected chi connectivity index (χ3v) is 3.42. The van der Waals surface area contributed by atoms with E-state index in [-0.39, 0.29) is 17.9 Å². The summed E-state index contributed by atoms with van der Waals surface area (Å²) in [4.78, 5) is 0. The second-order valence-corrected chi connectivity index (χ2v) is 5.62. The molecule has 2 nitrogen and oxygen atoms in total. The van der Waals surface area contributed by atoms with Gasteiger partial charge in [-0.25, -0.2) is 4.39 Å². The van der Waals surface area contributed by atoms with E-state index in [0.29, 0.717) is 13.3 Å². The SMILES string of the molecule is CCCOc1cccc(C(C)(O)CC(F)(C(F)(F)F)C(F)(F)F)c1. The summed E-state index contributed by atoms with van der Waals surface area (Å²) in [6.07, 6.45) is -14.0. The van der Waals surface area contributed by atoms with Crippen molar-refractivity contribution in [2.75, 3.05) is 6.61 Å². The first-order valence-corrected chi connectivity index (χ1v) is 7.02. The molecule has 0 saturated carbocycles. The molecule has 0 aliphatic carbocycles. The van der Waals surface area contributed by atoms with Crippen molar-refractivity contribution in [3.63, 3.8) is 0 Å². The van der Waals surface area contributed by atoms with Gasteiger partial charge in [-0.2, -0.15) is 26.3 Å². The number of ether oxygens (including phenoxy) is 1. The van der Waals surface area contributed by atoms with Crippen LogP contribution < -0.4 is 4.74 Å². The van der Waals surface area contributed by atoms with Gasteiger partial charge in [0.15, 0.2) is 0 Å². The van der Waals surface area contributed by atoms with Crippen LogP contribution in [0.3, 0.4) is 0 Å². The van der Waals surface area contributed by atoms with Crippen LogP contribution in [0.1, 0.15) is 32.3 Å². The highest BCUT2D eigenvalue weighted by Gasteiger charge is 2.73. The molecule has 0 radical (unpaired) electrons. The summed E-state index contributed by atoms with van der Waals surface area (Å²) < 4.78 is 95.0. The van der Waals surface area contributed by atoms with E-state index in [1.807, 2.05) is 0 Å². The molecule has 0 bridgehead atoms. The van der Waals surface area contributed by atoms with Crippen molar-refractivity contribution < 1.29 is 40.6 Å². The van der Waals surface area contributed by atoms with Gasteiger partial charge in [0.2, 0.25) is 0 Å². The predicted octanol–water partition coefficient (Wildman–Crippen LogP) is 4.91. The Morgan fingerprint density at radius 1 is 1.00 bits per heavy atom. The Morgan fingerprint density at radius 3 is 2.00 bits per heavy atom. The van der Waals surface area contributed by atoms with Crippen LogP contribution in [-0.4, -0.2) is 29.7 Å². The molecule has 1 N–H and O–H groups in total. The van der Waals surface area contributed by atoms with Crippen LogP contribution in [0.25, 0.3) is 0 Å². The molecule has 0 heterocycles. The lowest BCUT2D eigenvalue weighted by Gasteiger charge is -2.36. The lowest BCUT2D eigenvalue weighted by molar-refractivity contribution is -0.352. The quantitative estimate of drug-likeness (QED) is 0.729. The molecule has 0 fully saturated rings. The van der Waals surface area contributed by atoms with E-state index in [2.05, 4.69) is 0 Å². The smallest absolute Gasteiger partial charge is 0.431 e. The molecular weight excluding hydrogens is 345 g/mol. The van der Waals surface area contributed by atoms with E-state index >= 15 is 0 Å². The van der Waals surface area contributed by atoms with Crippen LogP contribution in [0.2, 0.25) is 0 Å². The van der Waals surface area contributed by atoms with Gasteiger partial charge in [-0.15, -0.1) is 0 Å². The Kier molecular flexibility index (Phi) is 5.80. The molecule has 1 aromatic carbocycles. The second-order valence-electron chi connectivity index (χ2n) is 5.62. The standard InChI is InChI=1S/C15H17F7O2/c1-3-7-24-11-6-4-5-10(8-11)12(2,23)9-13(16,14(17,18)19)15(20,21)22/h4-6,8,23H,3,7,9H2,1-2H3. The Morgan fingerprint density at radius 2 is 1.54 bits per heavy atom. The highest BCUT2D eigenvalue weighted by molar-refractivity contribution is 5.32. The number of alkyl halides is 7. The third kappa shape index (κ3) is 4.31. The van der Waals surface area contributed by atoms with Gasteiger partial charge in [0.1, 0.15) is 5.75 Å². The van der Waals surface area contributed by atoms with Crippen LogP contribution in [0.4, 0.5) is 30.7 Å². The first kappa shape index (κ1) is 20.5. The maximum Gasteiger partial charge on any atom is 0.431 e. The Bertz CT molecular complexity index is 535. The zero-order valence-corrected chi connectivity index (χ0v) is 12.9. The van der Waals surface area contributed by atoms with Gasteiger partial charge >= 0.3 is 18.0 Å². The van der Waals surface area contributed by atoms with Gasteiger partial charge in [-0.3, -0.25) is 0 Å². The second kappa shape index (κ2) is 6.78. The zero-order valence-electron chi connectivity index (χ0n) is 12.9. The minimum atomic E-state index is -6.22. The molecule has 138 valence electrons. The van der Waals surface area contributed by atoms with Crippen LogP contribution in [0.15, 0.2) is 24.3 Å². The Labute approximate surface area is 134 Å². The van der Waals surface area contributed by atoms with Crippen molar-refractivity contribution in [3.8, 4) is 5.75 Å². The maximum absolute atomic E-state index is 13.8. The normalized spacial score (nSPS) is 15.9. The predicted molar refractivity (Wildman–Crippen MR) is 72.4 cm³/mol. The summed E-state index contributed by atoms with van der Waals surface area (Å²) in [5.74, 6) is 0.151. The van der Waals surface area contributed by atoms with Gasteiger partial charge in [-0.05, 0) is 31.0 Å². The molecule has 0 aliphatic heterocycles. The molecule has 0 spiro atoms. The molecule has 1 aromatic rings. The molecule has 1 rings (SSSR count). The fraction of sp³-hybridized carbons (Fsp3) is 0.600. The average Bonchev–Trinajstić information content (AvgIpc) is 2.42. The summed E-state index contributed by atoms with van der Waals surface area (Å²) in [6.45, 7) is 2.76. The van der Waals surface area contributed by atoms with Gasteiger partial charge in [0, 0.05) is 6.42 Å². The monoisotopic (exact) mass is 362 g/mol. The summed E-state index contributed by atoms with van der Waals surface area (Å²) in [7, 11) is 0. The Balaban J connectivity index is 3.19. The minimum absolute atomic E-state index is 0.151.